The summed E-state index contributed by atoms with van der Waals surface area (Å²) in [7, 11) is 1.64. The molecule has 174 valence electrons. The Morgan fingerprint density at radius 3 is 2.53 bits per heavy atom. The highest BCUT2D eigenvalue weighted by molar-refractivity contribution is 8.01. The molecule has 1 atom stereocenters. The lowest BCUT2D eigenvalue weighted by Crippen LogP contribution is -2.52. The van der Waals surface area contributed by atoms with Crippen LogP contribution in [0.1, 0.15) is 12.8 Å². The van der Waals surface area contributed by atoms with Crippen LogP contribution in [0.5, 0.6) is 17.2 Å². The van der Waals surface area contributed by atoms with Crippen LogP contribution in [0, 0.1) is 0 Å². The van der Waals surface area contributed by atoms with Gasteiger partial charge in [-0.1, -0.05) is 6.07 Å². The van der Waals surface area contributed by atoms with Crippen LogP contribution in [0.15, 0.2) is 30.4 Å². The molecule has 0 saturated carbocycles. The van der Waals surface area contributed by atoms with Gasteiger partial charge in [-0.2, -0.15) is 0 Å². The molecule has 11 heteroatoms. The van der Waals surface area contributed by atoms with Crippen LogP contribution in [0.2, 0.25) is 0 Å². The van der Waals surface area contributed by atoms with E-state index in [1.807, 2.05) is 18.2 Å². The van der Waals surface area contributed by atoms with Gasteiger partial charge < -0.3 is 29.7 Å². The highest BCUT2D eigenvalue weighted by Crippen LogP contribution is 2.41. The summed E-state index contributed by atoms with van der Waals surface area (Å²) in [6.07, 6.45) is 3.08. The van der Waals surface area contributed by atoms with E-state index in [-0.39, 0.29) is 16.9 Å². The molecule has 0 radical (unpaired) electrons. The first-order valence-electron chi connectivity index (χ1n) is 10.1. The topological polar surface area (TPSA) is 135 Å². The van der Waals surface area contributed by atoms with Crippen LogP contribution in [0.25, 0.3) is 0 Å². The van der Waals surface area contributed by atoms with Gasteiger partial charge in [0.2, 0.25) is 11.7 Å². The van der Waals surface area contributed by atoms with E-state index < -0.39 is 11.9 Å². The Morgan fingerprint density at radius 1 is 1.28 bits per heavy atom. The van der Waals surface area contributed by atoms with Gasteiger partial charge in [0.15, 0.2) is 11.5 Å². The van der Waals surface area contributed by atoms with E-state index in [9.17, 15) is 14.4 Å². The van der Waals surface area contributed by atoms with Crippen LogP contribution in [-0.4, -0.2) is 83.0 Å². The fourth-order valence-corrected chi connectivity index (χ4v) is 4.82. The average molecular weight is 467 g/mol. The molecule has 0 aliphatic carbocycles. The number of thioether (sulfide) groups is 1. The molecular weight excluding hydrogens is 440 g/mol. The zero-order chi connectivity index (χ0) is 23.1. The fraction of sp³-hybridized carbons (Fsp3) is 0.476. The lowest BCUT2D eigenvalue weighted by molar-refractivity contribution is -0.134. The van der Waals surface area contributed by atoms with E-state index in [4.69, 9.17) is 24.4 Å². The number of carbonyl (C=O) groups is 3. The summed E-state index contributed by atoms with van der Waals surface area (Å²) in [6.45, 7) is 3.30. The van der Waals surface area contributed by atoms with Crippen molar-refractivity contribution in [2.75, 3.05) is 39.1 Å². The number of amides is 1. The van der Waals surface area contributed by atoms with E-state index in [1.165, 1.54) is 0 Å². The van der Waals surface area contributed by atoms with Gasteiger partial charge in [-0.05, 0) is 25.0 Å². The number of aliphatic carboxylic acids is 2. The second kappa shape index (κ2) is 10.6. The predicted molar refractivity (Wildman–Crippen MR) is 116 cm³/mol. The van der Waals surface area contributed by atoms with Crippen molar-refractivity contribution in [3.05, 3.63) is 30.4 Å². The van der Waals surface area contributed by atoms with Crippen LogP contribution in [0.4, 0.5) is 0 Å². The molecule has 2 fully saturated rings. The Morgan fingerprint density at radius 2 is 1.97 bits per heavy atom. The second-order valence-corrected chi connectivity index (χ2v) is 8.84. The van der Waals surface area contributed by atoms with Crippen molar-refractivity contribution in [3.63, 3.8) is 0 Å². The third kappa shape index (κ3) is 6.30. The number of benzene rings is 1. The number of hydrogen-bond donors (Lipinski definition) is 3. The van der Waals surface area contributed by atoms with Crippen molar-refractivity contribution in [1.82, 2.24) is 10.2 Å². The molecule has 1 aromatic carbocycles. The molecule has 4 rings (SSSR count). The maximum absolute atomic E-state index is 11.5. The first-order valence-corrected chi connectivity index (χ1v) is 11.1. The number of carboxylic acids is 2. The average Bonchev–Trinajstić information content (AvgIpc) is 3.14. The van der Waals surface area contributed by atoms with E-state index in [0.717, 1.165) is 38.2 Å². The number of para-hydroxylation sites is 1. The van der Waals surface area contributed by atoms with Gasteiger partial charge in [0.25, 0.3) is 0 Å². The molecule has 3 aliphatic rings. The Kier molecular flexibility index (Phi) is 7.86. The predicted octanol–water partition coefficient (Wildman–Crippen LogP) is 1.20. The molecular formula is C21H26N2O8S. The summed E-state index contributed by atoms with van der Waals surface area (Å²) in [5.41, 5.74) is 0. The summed E-state index contributed by atoms with van der Waals surface area (Å²) < 4.78 is 17.3. The maximum Gasteiger partial charge on any atom is 0.328 e. The number of methoxy groups -OCH3 is 1. The number of nitrogens with one attached hydrogen (secondary N) is 1. The summed E-state index contributed by atoms with van der Waals surface area (Å²) >= 11 is 1.76. The second-order valence-electron chi connectivity index (χ2n) is 7.48. The summed E-state index contributed by atoms with van der Waals surface area (Å²) in [5.74, 6) is 0.397. The van der Waals surface area contributed by atoms with Crippen molar-refractivity contribution in [3.8, 4) is 17.2 Å². The summed E-state index contributed by atoms with van der Waals surface area (Å²) in [4.78, 5) is 33.0. The zero-order valence-corrected chi connectivity index (χ0v) is 18.4. The third-order valence-electron chi connectivity index (χ3n) is 5.21. The van der Waals surface area contributed by atoms with Crippen LogP contribution >= 0.6 is 11.8 Å². The van der Waals surface area contributed by atoms with E-state index in [0.29, 0.717) is 36.0 Å². The first-order chi connectivity index (χ1) is 15.3. The van der Waals surface area contributed by atoms with Gasteiger partial charge in [-0.3, -0.25) is 9.69 Å². The lowest BCUT2D eigenvalue weighted by atomic mass is 10.0. The molecule has 32 heavy (non-hydrogen) atoms. The normalized spacial score (nSPS) is 21.5. The zero-order valence-electron chi connectivity index (χ0n) is 17.6. The van der Waals surface area contributed by atoms with Crippen molar-refractivity contribution < 1.29 is 38.8 Å². The Balaban J connectivity index is 0.000000312. The fourth-order valence-electron chi connectivity index (χ4n) is 3.69. The molecule has 1 unspecified atom stereocenters. The largest absolute Gasteiger partial charge is 0.493 e. The van der Waals surface area contributed by atoms with Gasteiger partial charge in [-0.25, -0.2) is 9.59 Å². The lowest BCUT2D eigenvalue weighted by Gasteiger charge is -2.40. The molecule has 1 amide bonds. The van der Waals surface area contributed by atoms with Gasteiger partial charge in [0.1, 0.15) is 12.7 Å². The molecule has 1 spiro atoms. The minimum absolute atomic E-state index is 0.00586. The number of ether oxygens (including phenoxy) is 3. The highest BCUT2D eigenvalue weighted by Gasteiger charge is 2.41. The smallest absolute Gasteiger partial charge is 0.328 e. The summed E-state index contributed by atoms with van der Waals surface area (Å²) in [5, 5.41) is 18.8. The number of hydrogen-bond acceptors (Lipinski definition) is 8. The van der Waals surface area contributed by atoms with Crippen molar-refractivity contribution in [1.29, 1.82) is 0 Å². The van der Waals surface area contributed by atoms with Gasteiger partial charge >= 0.3 is 11.9 Å². The molecule has 1 aromatic rings. The van der Waals surface area contributed by atoms with E-state index >= 15 is 0 Å². The van der Waals surface area contributed by atoms with Crippen molar-refractivity contribution in [2.45, 2.75) is 23.8 Å². The molecule has 0 bridgehead atoms. The maximum atomic E-state index is 11.5. The number of rotatable bonds is 5. The van der Waals surface area contributed by atoms with Crippen LogP contribution in [-0.2, 0) is 14.4 Å². The molecule has 3 N–H and O–H groups in total. The van der Waals surface area contributed by atoms with E-state index in [2.05, 4.69) is 10.2 Å². The number of likely N-dealkylation sites (tertiary alicyclic amines) is 1. The molecule has 0 aromatic heterocycles. The molecule has 3 heterocycles. The van der Waals surface area contributed by atoms with Gasteiger partial charge in [0, 0.05) is 31.8 Å². The number of fused-ring (bicyclic) bond motifs is 1. The monoisotopic (exact) mass is 466 g/mol. The van der Waals surface area contributed by atoms with E-state index in [1.54, 1.807) is 18.9 Å². The Hall–Kier alpha value is -2.92. The minimum Gasteiger partial charge on any atom is -0.493 e. The van der Waals surface area contributed by atoms with Crippen molar-refractivity contribution in [2.24, 2.45) is 0 Å². The van der Waals surface area contributed by atoms with Crippen LogP contribution in [0.3, 0.4) is 0 Å². The number of carbonyl (C=O) groups excluding carboxylic acids is 1. The standard InChI is InChI=1S/C17H22N2O4S.C4H4O4/c1-21-13-3-2-4-14-16(13)23-12(10-22-14)9-19-7-5-17(6-8-19)18-15(20)11-24-17;5-3(6)1-2-4(7)8/h2-4,12H,5-11H2,1H3,(H,18,20);1-2H,(H,5,6)(H,7,8). The van der Waals surface area contributed by atoms with Crippen LogP contribution < -0.4 is 19.5 Å². The highest BCUT2D eigenvalue weighted by atomic mass is 32.2. The SMILES string of the molecule is COc1cccc2c1OC(CN1CCC3(CC1)NC(=O)CS3)CO2.O=C(O)C=CC(=O)O. The molecule has 10 nitrogen and oxygen atoms in total. The number of carboxylic acid groups (broad SMARTS) is 2. The minimum atomic E-state index is -1.26. The molecule has 2 saturated heterocycles. The van der Waals surface area contributed by atoms with Gasteiger partial charge in [-0.15, -0.1) is 11.8 Å². The number of nitrogens with zero attached hydrogens (tertiary/aromatic N) is 1. The quantitative estimate of drug-likeness (QED) is 0.543. The Bertz CT molecular complexity index is 852. The number of piperidine rings is 1. The molecule has 3 aliphatic heterocycles. The third-order valence-corrected chi connectivity index (χ3v) is 6.68. The van der Waals surface area contributed by atoms with Crippen molar-refractivity contribution >= 4 is 29.6 Å². The van der Waals surface area contributed by atoms with Gasteiger partial charge in [0.05, 0.1) is 17.7 Å². The summed E-state index contributed by atoms with van der Waals surface area (Å²) in [6, 6.07) is 5.69. The Labute approximate surface area is 189 Å². The first kappa shape index (κ1) is 23.7.